The lowest BCUT2D eigenvalue weighted by atomic mass is 9.85. The van der Waals surface area contributed by atoms with Gasteiger partial charge >= 0.3 is 0 Å². The zero-order valence-electron chi connectivity index (χ0n) is 13.7. The minimum absolute atomic E-state index is 0.0233. The van der Waals surface area contributed by atoms with Gasteiger partial charge in [0, 0.05) is 20.6 Å². The molecule has 0 aliphatic carbocycles. The lowest BCUT2D eigenvalue weighted by molar-refractivity contribution is 0.397. The average Bonchev–Trinajstić information content (AvgIpc) is 2.37. The van der Waals surface area contributed by atoms with Gasteiger partial charge < -0.3 is 4.74 Å². The first-order valence-corrected chi connectivity index (χ1v) is 8.36. The first kappa shape index (κ1) is 17.9. The Labute approximate surface area is 128 Å². The second kappa shape index (κ2) is 6.77. The molecule has 0 aromatic heterocycles. The maximum atomic E-state index is 11.6. The van der Waals surface area contributed by atoms with Gasteiger partial charge in [-0.1, -0.05) is 32.9 Å². The molecule has 0 saturated heterocycles. The van der Waals surface area contributed by atoms with Gasteiger partial charge in [0.05, 0.1) is 7.11 Å². The number of ether oxygens (including phenoxy) is 1. The van der Waals surface area contributed by atoms with Crippen molar-refractivity contribution < 1.29 is 13.2 Å². The highest BCUT2D eigenvalue weighted by molar-refractivity contribution is 7.87. The summed E-state index contributed by atoms with van der Waals surface area (Å²) in [5.74, 6) is 0.861. The Morgan fingerprint density at radius 2 is 1.86 bits per heavy atom. The third-order valence-corrected chi connectivity index (χ3v) is 4.78. The molecule has 6 heteroatoms. The number of hydrogen-bond acceptors (Lipinski definition) is 3. The summed E-state index contributed by atoms with van der Waals surface area (Å²) in [5, 5.41) is 0. The van der Waals surface area contributed by atoms with Crippen LogP contribution in [0.2, 0.25) is 0 Å². The summed E-state index contributed by atoms with van der Waals surface area (Å²) in [7, 11) is 1.32. The lowest BCUT2D eigenvalue weighted by Gasteiger charge is -2.23. The number of rotatable bonds is 6. The second-order valence-corrected chi connectivity index (χ2v) is 8.19. The molecule has 0 aliphatic heterocycles. The molecule has 1 rings (SSSR count). The molecule has 0 aliphatic rings. The van der Waals surface area contributed by atoms with Crippen LogP contribution in [0.5, 0.6) is 5.75 Å². The zero-order valence-corrected chi connectivity index (χ0v) is 14.5. The Balaban J connectivity index is 2.82. The van der Waals surface area contributed by atoms with E-state index in [9.17, 15) is 8.42 Å². The van der Waals surface area contributed by atoms with Crippen molar-refractivity contribution in [1.82, 2.24) is 9.03 Å². The van der Waals surface area contributed by atoms with Crippen molar-refractivity contribution in [3.05, 3.63) is 29.3 Å². The first-order valence-electron chi connectivity index (χ1n) is 6.92. The van der Waals surface area contributed by atoms with Crippen molar-refractivity contribution in [1.29, 1.82) is 0 Å². The van der Waals surface area contributed by atoms with Gasteiger partial charge in [-0.15, -0.1) is 0 Å². The highest BCUT2D eigenvalue weighted by Gasteiger charge is 2.19. The molecule has 1 N–H and O–H groups in total. The van der Waals surface area contributed by atoms with E-state index in [0.29, 0.717) is 13.0 Å². The van der Waals surface area contributed by atoms with Crippen LogP contribution in [-0.4, -0.2) is 40.5 Å². The minimum Gasteiger partial charge on any atom is -0.496 e. The third-order valence-electron chi connectivity index (χ3n) is 3.25. The largest absolute Gasteiger partial charge is 0.496 e. The maximum Gasteiger partial charge on any atom is 0.278 e. The second-order valence-electron chi connectivity index (χ2n) is 6.22. The third kappa shape index (κ3) is 4.98. The molecule has 0 amide bonds. The van der Waals surface area contributed by atoms with Crippen molar-refractivity contribution in [3.8, 4) is 5.75 Å². The molecule has 0 spiro atoms. The van der Waals surface area contributed by atoms with E-state index in [0.717, 1.165) is 16.9 Å². The number of benzene rings is 1. The molecule has 120 valence electrons. The molecule has 21 heavy (non-hydrogen) atoms. The predicted molar refractivity (Wildman–Crippen MR) is 86.0 cm³/mol. The van der Waals surface area contributed by atoms with Gasteiger partial charge in [-0.2, -0.15) is 12.7 Å². The molecule has 1 aromatic rings. The van der Waals surface area contributed by atoms with Crippen LogP contribution in [0.1, 0.15) is 31.9 Å². The summed E-state index contributed by atoms with van der Waals surface area (Å²) in [6.07, 6.45) is 0.639. The summed E-state index contributed by atoms with van der Waals surface area (Å²) in [6, 6.07) is 6.00. The van der Waals surface area contributed by atoms with Crippen molar-refractivity contribution in [3.63, 3.8) is 0 Å². The molecular weight excluding hydrogens is 288 g/mol. The number of nitrogens with one attached hydrogen (secondary N) is 1. The summed E-state index contributed by atoms with van der Waals surface area (Å²) in [6.45, 7) is 6.76. The van der Waals surface area contributed by atoms with Crippen LogP contribution in [0, 0.1) is 0 Å². The van der Waals surface area contributed by atoms with E-state index >= 15 is 0 Å². The summed E-state index contributed by atoms with van der Waals surface area (Å²) >= 11 is 0. The average molecular weight is 314 g/mol. The van der Waals surface area contributed by atoms with Gasteiger partial charge in [-0.25, -0.2) is 4.72 Å². The first-order chi connectivity index (χ1) is 9.58. The van der Waals surface area contributed by atoms with Crippen molar-refractivity contribution >= 4 is 10.2 Å². The summed E-state index contributed by atoms with van der Waals surface area (Å²) in [5.41, 5.74) is 2.19. The SMILES string of the molecule is COc1ccc(CCNS(=O)(=O)N(C)C)cc1C(C)(C)C. The van der Waals surface area contributed by atoms with Crippen molar-refractivity contribution in [2.45, 2.75) is 32.6 Å². The quantitative estimate of drug-likeness (QED) is 0.873. The van der Waals surface area contributed by atoms with Gasteiger partial charge in [0.15, 0.2) is 0 Å². The molecule has 0 bridgehead atoms. The van der Waals surface area contributed by atoms with Gasteiger partial charge in [0.2, 0.25) is 0 Å². The maximum absolute atomic E-state index is 11.6. The fraction of sp³-hybridized carbons (Fsp3) is 0.600. The van der Waals surface area contributed by atoms with Gasteiger partial charge in [-0.05, 0) is 29.0 Å². The highest BCUT2D eigenvalue weighted by Crippen LogP contribution is 2.32. The van der Waals surface area contributed by atoms with E-state index < -0.39 is 10.2 Å². The number of nitrogens with zero attached hydrogens (tertiary/aromatic N) is 1. The van der Waals surface area contributed by atoms with Gasteiger partial charge in [0.25, 0.3) is 10.2 Å². The fourth-order valence-electron chi connectivity index (χ4n) is 1.95. The molecule has 0 unspecified atom stereocenters. The Bertz CT molecular complexity index is 575. The zero-order chi connectivity index (χ0) is 16.3. The minimum atomic E-state index is -3.36. The fourth-order valence-corrected chi connectivity index (χ4v) is 2.57. The summed E-state index contributed by atoms with van der Waals surface area (Å²) in [4.78, 5) is 0. The van der Waals surface area contributed by atoms with Crippen LogP contribution in [0.25, 0.3) is 0 Å². The molecule has 1 aromatic carbocycles. The van der Waals surface area contributed by atoms with Gasteiger partial charge in [-0.3, -0.25) is 0 Å². The van der Waals surface area contributed by atoms with Crippen LogP contribution in [0.4, 0.5) is 0 Å². The van der Waals surface area contributed by atoms with Gasteiger partial charge in [0.1, 0.15) is 5.75 Å². The van der Waals surface area contributed by atoms with E-state index in [1.165, 1.54) is 18.4 Å². The topological polar surface area (TPSA) is 58.6 Å². The molecule has 0 atom stereocenters. The Kier molecular flexibility index (Phi) is 5.78. The van der Waals surface area contributed by atoms with E-state index in [-0.39, 0.29) is 5.41 Å². The van der Waals surface area contributed by atoms with E-state index in [1.54, 1.807) is 7.11 Å². The lowest BCUT2D eigenvalue weighted by Crippen LogP contribution is -2.36. The van der Waals surface area contributed by atoms with Crippen molar-refractivity contribution in [2.75, 3.05) is 27.7 Å². The Hall–Kier alpha value is -1.11. The highest BCUT2D eigenvalue weighted by atomic mass is 32.2. The predicted octanol–water partition coefficient (Wildman–Crippen LogP) is 1.93. The molecule has 0 radical (unpaired) electrons. The molecule has 0 fully saturated rings. The molecule has 5 nitrogen and oxygen atoms in total. The van der Waals surface area contributed by atoms with Crippen LogP contribution >= 0.6 is 0 Å². The smallest absolute Gasteiger partial charge is 0.278 e. The Morgan fingerprint density at radius 3 is 2.33 bits per heavy atom. The van der Waals surface area contributed by atoms with E-state index in [1.807, 2.05) is 12.1 Å². The normalized spacial score (nSPS) is 12.7. The van der Waals surface area contributed by atoms with Crippen LogP contribution < -0.4 is 9.46 Å². The molecule has 0 heterocycles. The van der Waals surface area contributed by atoms with Crippen LogP contribution in [0.3, 0.4) is 0 Å². The number of hydrogen-bond donors (Lipinski definition) is 1. The molecular formula is C15H26N2O3S. The summed E-state index contributed by atoms with van der Waals surface area (Å²) < 4.78 is 32.4. The monoisotopic (exact) mass is 314 g/mol. The molecule has 0 saturated carbocycles. The standard InChI is InChI=1S/C15H26N2O3S/c1-15(2,3)13-11-12(7-8-14(13)20-6)9-10-16-21(18,19)17(4)5/h7-8,11,16H,9-10H2,1-6H3. The Morgan fingerprint density at radius 1 is 1.24 bits per heavy atom. The van der Waals surface area contributed by atoms with E-state index in [4.69, 9.17) is 4.74 Å². The van der Waals surface area contributed by atoms with Crippen molar-refractivity contribution in [2.24, 2.45) is 0 Å². The van der Waals surface area contributed by atoms with Crippen LogP contribution in [-0.2, 0) is 22.0 Å². The van der Waals surface area contributed by atoms with E-state index in [2.05, 4.69) is 31.6 Å². The van der Waals surface area contributed by atoms with Crippen LogP contribution in [0.15, 0.2) is 18.2 Å². The number of methoxy groups -OCH3 is 1.